The molecule has 0 spiro atoms. The number of fused-ring (bicyclic) bond motifs is 3. The minimum atomic E-state index is -0.0436. The van der Waals surface area contributed by atoms with Crippen LogP contribution in [0.2, 0.25) is 0 Å². The number of nitrogens with one attached hydrogen (secondary N) is 1. The Bertz CT molecular complexity index is 1210. The van der Waals surface area contributed by atoms with Crippen LogP contribution < -0.4 is 5.32 Å². The fourth-order valence-electron chi connectivity index (χ4n) is 4.88. The van der Waals surface area contributed by atoms with Crippen LogP contribution in [0.1, 0.15) is 24.1 Å². The summed E-state index contributed by atoms with van der Waals surface area (Å²) >= 11 is 0. The van der Waals surface area contributed by atoms with Gasteiger partial charge in [0.2, 0.25) is 5.91 Å². The van der Waals surface area contributed by atoms with Gasteiger partial charge in [-0.1, -0.05) is 60.7 Å². The van der Waals surface area contributed by atoms with Gasteiger partial charge in [-0.05, 0) is 29.3 Å². The van der Waals surface area contributed by atoms with E-state index < -0.39 is 0 Å². The van der Waals surface area contributed by atoms with E-state index in [1.807, 2.05) is 24.3 Å². The van der Waals surface area contributed by atoms with Crippen LogP contribution in [0.4, 0.5) is 0 Å². The van der Waals surface area contributed by atoms with Crippen LogP contribution in [0.15, 0.2) is 77.4 Å². The second-order valence-electron chi connectivity index (χ2n) is 8.46. The van der Waals surface area contributed by atoms with Crippen LogP contribution in [0, 0.1) is 0 Å². The molecule has 5 heteroatoms. The summed E-state index contributed by atoms with van der Waals surface area (Å²) in [6, 6.07) is 22.7. The van der Waals surface area contributed by atoms with Crippen LogP contribution in [-0.4, -0.2) is 43.2 Å². The van der Waals surface area contributed by atoms with Gasteiger partial charge in [0.15, 0.2) is 0 Å². The first kappa shape index (κ1) is 20.7. The van der Waals surface area contributed by atoms with Crippen molar-refractivity contribution in [2.75, 3.05) is 26.3 Å². The van der Waals surface area contributed by atoms with Crippen molar-refractivity contribution in [2.45, 2.75) is 25.4 Å². The van der Waals surface area contributed by atoms with Crippen LogP contribution in [-0.2, 0) is 16.0 Å². The monoisotopic (exact) mass is 428 g/mol. The summed E-state index contributed by atoms with van der Waals surface area (Å²) in [5.41, 5.74) is 2.95. The molecule has 1 aromatic heterocycles. The highest BCUT2D eigenvalue weighted by molar-refractivity contribution is 6.08. The molecule has 1 aliphatic heterocycles. The number of benzene rings is 3. The molecule has 164 valence electrons. The maximum Gasteiger partial charge on any atom is 0.224 e. The second-order valence-corrected chi connectivity index (χ2v) is 8.46. The molecule has 0 aliphatic carbocycles. The molecule has 3 aromatic carbocycles. The fraction of sp³-hybridized carbons (Fsp3) is 0.296. The summed E-state index contributed by atoms with van der Waals surface area (Å²) in [7, 11) is 0. The Morgan fingerprint density at radius 1 is 1.00 bits per heavy atom. The highest BCUT2D eigenvalue weighted by Crippen LogP contribution is 2.30. The summed E-state index contributed by atoms with van der Waals surface area (Å²) in [4.78, 5) is 15.5. The van der Waals surface area contributed by atoms with E-state index in [0.717, 1.165) is 53.6 Å². The van der Waals surface area contributed by atoms with Gasteiger partial charge >= 0.3 is 0 Å². The minimum absolute atomic E-state index is 0.00215. The second kappa shape index (κ2) is 9.15. The number of morpholine rings is 1. The van der Waals surface area contributed by atoms with Crippen molar-refractivity contribution in [3.63, 3.8) is 0 Å². The normalized spacial score (nSPS) is 16.8. The molecule has 1 N–H and O–H groups in total. The highest BCUT2D eigenvalue weighted by atomic mass is 16.5. The molecule has 1 fully saturated rings. The average Bonchev–Trinajstić information content (AvgIpc) is 3.23. The molecule has 5 nitrogen and oxygen atoms in total. The largest absolute Gasteiger partial charge is 0.464 e. The van der Waals surface area contributed by atoms with Gasteiger partial charge < -0.3 is 14.5 Å². The van der Waals surface area contributed by atoms with Crippen molar-refractivity contribution >= 4 is 27.6 Å². The number of hydrogen-bond donors (Lipinski definition) is 1. The molecule has 4 aromatic rings. The molecule has 0 saturated carbocycles. The van der Waals surface area contributed by atoms with Crippen molar-refractivity contribution in [1.82, 2.24) is 10.2 Å². The Kier molecular flexibility index (Phi) is 5.93. The van der Waals surface area contributed by atoms with Gasteiger partial charge in [0, 0.05) is 30.1 Å². The third kappa shape index (κ3) is 4.14. The summed E-state index contributed by atoms with van der Waals surface area (Å²) < 4.78 is 11.3. The molecule has 5 rings (SSSR count). The van der Waals surface area contributed by atoms with Gasteiger partial charge in [-0.25, -0.2) is 0 Å². The van der Waals surface area contributed by atoms with E-state index in [0.29, 0.717) is 0 Å². The maximum absolute atomic E-state index is 13.1. The predicted octanol–water partition coefficient (Wildman–Crippen LogP) is 4.71. The van der Waals surface area contributed by atoms with E-state index in [4.69, 9.17) is 9.15 Å². The van der Waals surface area contributed by atoms with Gasteiger partial charge in [-0.3, -0.25) is 9.69 Å². The number of ether oxygens (including phenoxy) is 1. The van der Waals surface area contributed by atoms with Crippen molar-refractivity contribution in [1.29, 1.82) is 0 Å². The number of carbonyl (C=O) groups excluding carboxylic acids is 1. The molecule has 32 heavy (non-hydrogen) atoms. The van der Waals surface area contributed by atoms with Crippen LogP contribution in [0.3, 0.4) is 0 Å². The van der Waals surface area contributed by atoms with Gasteiger partial charge in [0.25, 0.3) is 0 Å². The van der Waals surface area contributed by atoms with Crippen molar-refractivity contribution in [3.8, 4) is 0 Å². The average molecular weight is 429 g/mol. The Labute approximate surface area is 188 Å². The van der Waals surface area contributed by atoms with Gasteiger partial charge in [-0.2, -0.15) is 0 Å². The van der Waals surface area contributed by atoms with E-state index in [9.17, 15) is 4.79 Å². The summed E-state index contributed by atoms with van der Waals surface area (Å²) in [5, 5.41) is 6.55. The van der Waals surface area contributed by atoms with Gasteiger partial charge in [0.1, 0.15) is 5.58 Å². The summed E-state index contributed by atoms with van der Waals surface area (Å²) in [6.45, 7) is 5.25. The first-order valence-electron chi connectivity index (χ1n) is 11.2. The zero-order valence-electron chi connectivity index (χ0n) is 18.3. The zero-order valence-corrected chi connectivity index (χ0v) is 18.3. The predicted molar refractivity (Wildman–Crippen MR) is 127 cm³/mol. The number of rotatable bonds is 6. The van der Waals surface area contributed by atoms with Crippen molar-refractivity contribution in [3.05, 3.63) is 84.1 Å². The molecule has 1 saturated heterocycles. The van der Waals surface area contributed by atoms with Crippen LogP contribution >= 0.6 is 0 Å². The lowest BCUT2D eigenvalue weighted by atomic mass is 9.97. The van der Waals surface area contributed by atoms with Crippen LogP contribution in [0.5, 0.6) is 0 Å². The maximum atomic E-state index is 13.1. The van der Waals surface area contributed by atoms with Crippen molar-refractivity contribution in [2.24, 2.45) is 0 Å². The Morgan fingerprint density at radius 3 is 2.56 bits per heavy atom. The number of furan rings is 1. The molecule has 0 radical (unpaired) electrons. The Morgan fingerprint density at radius 2 is 1.75 bits per heavy atom. The lowest BCUT2D eigenvalue weighted by molar-refractivity contribution is -0.121. The van der Waals surface area contributed by atoms with Crippen molar-refractivity contribution < 1.29 is 13.9 Å². The molecule has 2 unspecified atom stereocenters. The van der Waals surface area contributed by atoms with E-state index in [-0.39, 0.29) is 24.4 Å². The minimum Gasteiger partial charge on any atom is -0.464 e. The Hall–Kier alpha value is -3.15. The first-order chi connectivity index (χ1) is 15.7. The smallest absolute Gasteiger partial charge is 0.224 e. The van der Waals surface area contributed by atoms with E-state index in [1.165, 1.54) is 5.56 Å². The molecule has 0 bridgehead atoms. The lowest BCUT2D eigenvalue weighted by Gasteiger charge is -2.38. The standard InChI is InChI=1S/C27H28N2O3/c1-19(27(21-8-3-2-4-9-21)29-13-15-31-16-14-29)28-25(30)17-22-18-32-24-12-11-20-7-5-6-10-23(20)26(22)24/h2-12,18-19,27H,13-17H2,1H3,(H,28,30). The zero-order chi connectivity index (χ0) is 21.9. The quantitative estimate of drug-likeness (QED) is 0.483. The molecule has 1 amide bonds. The third-order valence-electron chi connectivity index (χ3n) is 6.33. The molecular formula is C27H28N2O3. The summed E-state index contributed by atoms with van der Waals surface area (Å²) in [5.74, 6) is 0.00215. The topological polar surface area (TPSA) is 54.7 Å². The number of amides is 1. The number of hydrogen-bond acceptors (Lipinski definition) is 4. The SMILES string of the molecule is CC(NC(=O)Cc1coc2ccc3ccccc3c12)C(c1ccccc1)N1CCOCC1. The molecular weight excluding hydrogens is 400 g/mol. The highest BCUT2D eigenvalue weighted by Gasteiger charge is 2.28. The van der Waals surface area contributed by atoms with E-state index >= 15 is 0 Å². The summed E-state index contributed by atoms with van der Waals surface area (Å²) in [6.07, 6.45) is 2.01. The number of carbonyl (C=O) groups is 1. The lowest BCUT2D eigenvalue weighted by Crippen LogP contribution is -2.48. The molecule has 1 aliphatic rings. The molecule has 2 heterocycles. The number of nitrogens with zero attached hydrogens (tertiary/aromatic N) is 1. The van der Waals surface area contributed by atoms with Gasteiger partial charge in [-0.15, -0.1) is 0 Å². The first-order valence-corrected chi connectivity index (χ1v) is 11.2. The van der Waals surface area contributed by atoms with Crippen LogP contribution in [0.25, 0.3) is 21.7 Å². The third-order valence-corrected chi connectivity index (χ3v) is 6.33. The van der Waals surface area contributed by atoms with Gasteiger partial charge in [0.05, 0.1) is 31.9 Å². The Balaban J connectivity index is 1.37. The molecule has 2 atom stereocenters. The van der Waals surface area contributed by atoms with E-state index in [1.54, 1.807) is 6.26 Å². The van der Waals surface area contributed by atoms with E-state index in [2.05, 4.69) is 59.6 Å². The fourth-order valence-corrected chi connectivity index (χ4v) is 4.88.